The molecule has 4 heterocycles. The smallest absolute Gasteiger partial charge is 0.279 e. The van der Waals surface area contributed by atoms with Crippen LogP contribution in [0, 0.1) is 0 Å². The molecule has 5 aromatic rings. The van der Waals surface area contributed by atoms with Gasteiger partial charge in [-0.15, -0.1) is 0 Å². The molecule has 0 unspecified atom stereocenters. The molecule has 6 heteroatoms. The monoisotopic (exact) mass is 429 g/mol. The Hall–Kier alpha value is -3.09. The van der Waals surface area contributed by atoms with E-state index in [9.17, 15) is 0 Å². The highest BCUT2D eigenvalue weighted by molar-refractivity contribution is 7.20. The van der Waals surface area contributed by atoms with Crippen molar-refractivity contribution in [3.8, 4) is 10.9 Å². The third-order valence-electron chi connectivity index (χ3n) is 6.11. The number of aromatic nitrogens is 2. The zero-order valence-electron chi connectivity index (χ0n) is 17.1. The first-order chi connectivity index (χ1) is 15.3. The Bertz CT molecular complexity index is 1280. The fraction of sp³-hybridized carbons (Fsp3) is 0.240. The minimum Gasteiger partial charge on any atom is -0.464 e. The van der Waals surface area contributed by atoms with E-state index < -0.39 is 0 Å². The SMILES string of the molecule is c1ccc2sc(Oc3ccc4c(CN5CCC(n6cccc6)CC5)coc4c3)nc2c1. The van der Waals surface area contributed by atoms with Crippen molar-refractivity contribution in [2.24, 2.45) is 0 Å². The summed E-state index contributed by atoms with van der Waals surface area (Å²) in [5, 5.41) is 1.81. The molecule has 5 nitrogen and oxygen atoms in total. The summed E-state index contributed by atoms with van der Waals surface area (Å²) < 4.78 is 15.4. The first-order valence-electron chi connectivity index (χ1n) is 10.7. The van der Waals surface area contributed by atoms with Crippen LogP contribution in [0.25, 0.3) is 21.2 Å². The molecule has 2 aromatic carbocycles. The number of thiazole rings is 1. The van der Waals surface area contributed by atoms with Gasteiger partial charge in [0, 0.05) is 55.1 Å². The summed E-state index contributed by atoms with van der Waals surface area (Å²) in [6.45, 7) is 3.13. The van der Waals surface area contributed by atoms with Gasteiger partial charge in [0.1, 0.15) is 11.3 Å². The number of para-hydroxylation sites is 1. The molecule has 0 radical (unpaired) electrons. The van der Waals surface area contributed by atoms with Gasteiger partial charge in [0.25, 0.3) is 5.19 Å². The van der Waals surface area contributed by atoms with Gasteiger partial charge in [-0.25, -0.2) is 4.98 Å². The molecule has 0 aliphatic carbocycles. The molecular formula is C25H23N3O2S. The molecule has 0 amide bonds. The van der Waals surface area contributed by atoms with Crippen molar-refractivity contribution < 1.29 is 9.15 Å². The Labute approximate surface area is 184 Å². The second-order valence-corrected chi connectivity index (χ2v) is 9.10. The van der Waals surface area contributed by atoms with Gasteiger partial charge in [-0.1, -0.05) is 23.5 Å². The quantitative estimate of drug-likeness (QED) is 0.321. The number of rotatable bonds is 5. The lowest BCUT2D eigenvalue weighted by Crippen LogP contribution is -2.33. The number of fused-ring (bicyclic) bond motifs is 2. The summed E-state index contributed by atoms with van der Waals surface area (Å²) in [5.41, 5.74) is 3.06. The fourth-order valence-corrected chi connectivity index (χ4v) is 5.29. The zero-order chi connectivity index (χ0) is 20.6. The summed E-state index contributed by atoms with van der Waals surface area (Å²) >= 11 is 1.55. The van der Waals surface area contributed by atoms with Crippen molar-refractivity contribution in [2.45, 2.75) is 25.4 Å². The average Bonchev–Trinajstić information content (AvgIpc) is 3.54. The summed E-state index contributed by atoms with van der Waals surface area (Å²) in [6, 6.07) is 19.0. The Morgan fingerprint density at radius 2 is 1.87 bits per heavy atom. The van der Waals surface area contributed by atoms with Crippen LogP contribution in [-0.2, 0) is 6.54 Å². The van der Waals surface area contributed by atoms with Crippen LogP contribution in [0.3, 0.4) is 0 Å². The van der Waals surface area contributed by atoms with Gasteiger partial charge in [0.2, 0.25) is 0 Å². The molecule has 1 aliphatic rings. The lowest BCUT2D eigenvalue weighted by atomic mass is 10.0. The predicted molar refractivity (Wildman–Crippen MR) is 124 cm³/mol. The third kappa shape index (κ3) is 3.73. The first-order valence-corrected chi connectivity index (χ1v) is 11.5. The van der Waals surface area contributed by atoms with Crippen molar-refractivity contribution in [3.63, 3.8) is 0 Å². The van der Waals surface area contributed by atoms with E-state index in [1.54, 1.807) is 11.3 Å². The molecule has 0 atom stereocenters. The Morgan fingerprint density at radius 3 is 2.71 bits per heavy atom. The second-order valence-electron chi connectivity index (χ2n) is 8.11. The Kier molecular flexibility index (Phi) is 4.74. The van der Waals surface area contributed by atoms with E-state index in [0.29, 0.717) is 11.2 Å². The van der Waals surface area contributed by atoms with Gasteiger partial charge in [0.05, 0.1) is 16.5 Å². The fourth-order valence-electron chi connectivity index (χ4n) is 4.45. The number of hydrogen-bond acceptors (Lipinski definition) is 5. The van der Waals surface area contributed by atoms with Crippen LogP contribution in [0.5, 0.6) is 10.9 Å². The number of ether oxygens (including phenoxy) is 1. The lowest BCUT2D eigenvalue weighted by Gasteiger charge is -2.32. The molecule has 0 bridgehead atoms. The van der Waals surface area contributed by atoms with Gasteiger partial charge in [0.15, 0.2) is 0 Å². The van der Waals surface area contributed by atoms with Crippen LogP contribution in [0.4, 0.5) is 0 Å². The lowest BCUT2D eigenvalue weighted by molar-refractivity contribution is 0.180. The number of nitrogens with zero attached hydrogens (tertiary/aromatic N) is 3. The standard InChI is InChI=1S/C25H23N3O2S/c1-2-6-24-22(5-1)26-25(31-24)30-20-7-8-21-18(17-29-23(21)15-20)16-27-13-9-19(10-14-27)28-11-3-4-12-28/h1-8,11-12,15,17,19H,9-10,13-14,16H2. The van der Waals surface area contributed by atoms with Crippen molar-refractivity contribution in [3.05, 3.63) is 78.8 Å². The van der Waals surface area contributed by atoms with Gasteiger partial charge >= 0.3 is 0 Å². The molecule has 0 spiro atoms. The summed E-state index contributed by atoms with van der Waals surface area (Å²) in [7, 11) is 0. The van der Waals surface area contributed by atoms with Crippen LogP contribution in [-0.4, -0.2) is 27.5 Å². The molecule has 1 fully saturated rings. The zero-order valence-corrected chi connectivity index (χ0v) is 17.9. The molecule has 31 heavy (non-hydrogen) atoms. The number of furan rings is 1. The number of benzene rings is 2. The maximum Gasteiger partial charge on any atom is 0.279 e. The summed E-state index contributed by atoms with van der Waals surface area (Å²) in [6.07, 6.45) is 8.62. The maximum absolute atomic E-state index is 6.01. The van der Waals surface area contributed by atoms with E-state index in [1.807, 2.05) is 36.6 Å². The number of piperidine rings is 1. The van der Waals surface area contributed by atoms with Crippen LogP contribution >= 0.6 is 11.3 Å². The van der Waals surface area contributed by atoms with Gasteiger partial charge in [-0.05, 0) is 49.2 Å². The number of likely N-dealkylation sites (tertiary alicyclic amines) is 1. The van der Waals surface area contributed by atoms with Crippen LogP contribution in [0.15, 0.2) is 77.7 Å². The van der Waals surface area contributed by atoms with Crippen LogP contribution in [0.2, 0.25) is 0 Å². The Morgan fingerprint density at radius 1 is 1.03 bits per heavy atom. The largest absolute Gasteiger partial charge is 0.464 e. The van der Waals surface area contributed by atoms with Crippen molar-refractivity contribution >= 4 is 32.5 Å². The first kappa shape index (κ1) is 18.7. The highest BCUT2D eigenvalue weighted by Crippen LogP contribution is 2.34. The van der Waals surface area contributed by atoms with E-state index >= 15 is 0 Å². The van der Waals surface area contributed by atoms with Gasteiger partial charge in [-0.3, -0.25) is 4.90 Å². The molecule has 1 aliphatic heterocycles. The van der Waals surface area contributed by atoms with Crippen molar-refractivity contribution in [2.75, 3.05) is 13.1 Å². The minimum atomic E-state index is 0.620. The van der Waals surface area contributed by atoms with E-state index in [2.05, 4.69) is 51.1 Å². The van der Waals surface area contributed by atoms with E-state index in [1.165, 1.54) is 18.4 Å². The summed E-state index contributed by atoms with van der Waals surface area (Å²) in [5.74, 6) is 0.750. The topological polar surface area (TPSA) is 43.4 Å². The Balaban J connectivity index is 1.14. The highest BCUT2D eigenvalue weighted by Gasteiger charge is 2.21. The molecule has 0 N–H and O–H groups in total. The van der Waals surface area contributed by atoms with Crippen molar-refractivity contribution in [1.29, 1.82) is 0 Å². The van der Waals surface area contributed by atoms with E-state index in [4.69, 9.17) is 9.15 Å². The molecule has 0 saturated carbocycles. The van der Waals surface area contributed by atoms with E-state index in [0.717, 1.165) is 46.6 Å². The normalized spacial score (nSPS) is 15.7. The molecule has 3 aromatic heterocycles. The average molecular weight is 430 g/mol. The van der Waals surface area contributed by atoms with Crippen LogP contribution < -0.4 is 4.74 Å². The second kappa shape index (κ2) is 7.87. The minimum absolute atomic E-state index is 0.620. The highest BCUT2D eigenvalue weighted by atomic mass is 32.1. The third-order valence-corrected chi connectivity index (χ3v) is 7.02. The molecule has 156 valence electrons. The molecular weight excluding hydrogens is 406 g/mol. The van der Waals surface area contributed by atoms with E-state index in [-0.39, 0.29) is 0 Å². The van der Waals surface area contributed by atoms with Crippen LogP contribution in [0.1, 0.15) is 24.4 Å². The molecule has 1 saturated heterocycles. The number of hydrogen-bond donors (Lipinski definition) is 0. The predicted octanol–water partition coefficient (Wildman–Crippen LogP) is 6.47. The maximum atomic E-state index is 6.01. The van der Waals surface area contributed by atoms with Crippen molar-refractivity contribution in [1.82, 2.24) is 14.5 Å². The van der Waals surface area contributed by atoms with Gasteiger partial charge < -0.3 is 13.7 Å². The van der Waals surface area contributed by atoms with Gasteiger partial charge in [-0.2, -0.15) is 0 Å². The summed E-state index contributed by atoms with van der Waals surface area (Å²) in [4.78, 5) is 7.08. The molecule has 6 rings (SSSR count).